The minimum atomic E-state index is -0.798. The predicted molar refractivity (Wildman–Crippen MR) is 78.5 cm³/mol. The van der Waals surface area contributed by atoms with Crippen molar-refractivity contribution in [3.63, 3.8) is 0 Å². The molecule has 0 N–H and O–H groups in total. The van der Waals surface area contributed by atoms with Gasteiger partial charge in [-0.15, -0.1) is 0 Å². The Morgan fingerprint density at radius 3 is 2.35 bits per heavy atom. The van der Waals surface area contributed by atoms with E-state index in [1.165, 1.54) is 0 Å². The highest BCUT2D eigenvalue weighted by atomic mass is 16.6. The van der Waals surface area contributed by atoms with Crippen molar-refractivity contribution in [1.29, 1.82) is 0 Å². The molecule has 2 heteroatoms. The van der Waals surface area contributed by atoms with Gasteiger partial charge in [-0.1, -0.05) is 54.1 Å². The fourth-order valence-corrected chi connectivity index (χ4v) is 2.74. The van der Waals surface area contributed by atoms with Crippen LogP contribution in [0, 0.1) is 0 Å². The molecule has 2 nitrogen and oxygen atoms in total. The maximum Gasteiger partial charge on any atom is 0.340 e. The number of hydrogen-bond acceptors (Lipinski definition) is 2. The molecule has 1 heterocycles. The first-order valence-corrected chi connectivity index (χ1v) is 6.68. The van der Waals surface area contributed by atoms with Crippen LogP contribution in [0.4, 0.5) is 0 Å². The van der Waals surface area contributed by atoms with Crippen molar-refractivity contribution in [1.82, 2.24) is 0 Å². The first kappa shape index (κ1) is 12.7. The van der Waals surface area contributed by atoms with Crippen LogP contribution in [-0.4, -0.2) is 5.97 Å². The third kappa shape index (κ3) is 1.85. The summed E-state index contributed by atoms with van der Waals surface area (Å²) >= 11 is 0. The summed E-state index contributed by atoms with van der Waals surface area (Å²) in [5, 5.41) is 0. The lowest BCUT2D eigenvalue weighted by molar-refractivity contribution is 0.0273. The smallest absolute Gasteiger partial charge is 0.340 e. The van der Waals surface area contributed by atoms with Crippen molar-refractivity contribution >= 4 is 5.97 Å². The molecule has 3 rings (SSSR count). The van der Waals surface area contributed by atoms with E-state index in [1.807, 2.05) is 74.5 Å². The van der Waals surface area contributed by atoms with E-state index in [4.69, 9.17) is 4.74 Å². The first-order valence-electron chi connectivity index (χ1n) is 6.68. The standard InChI is InChI=1S/C18H16O2/c1-13(2)12-18(14-8-4-3-5-9-14)16-11-7-6-10-15(16)17(19)20-18/h3-12H,1-2H3. The van der Waals surface area contributed by atoms with Gasteiger partial charge in [-0.25, -0.2) is 4.79 Å². The number of benzene rings is 2. The Morgan fingerprint density at radius 1 is 1.00 bits per heavy atom. The number of cyclic esters (lactones) is 1. The second kappa shape index (κ2) is 4.64. The number of carbonyl (C=O) groups is 1. The average molecular weight is 264 g/mol. The maximum absolute atomic E-state index is 12.2. The first-order chi connectivity index (χ1) is 9.63. The molecule has 2 aromatic rings. The Bertz CT molecular complexity index is 682. The van der Waals surface area contributed by atoms with E-state index in [1.54, 1.807) is 0 Å². The van der Waals surface area contributed by atoms with E-state index in [2.05, 4.69) is 0 Å². The molecule has 20 heavy (non-hydrogen) atoms. The zero-order valence-electron chi connectivity index (χ0n) is 11.6. The van der Waals surface area contributed by atoms with Gasteiger partial charge in [0.25, 0.3) is 0 Å². The zero-order valence-corrected chi connectivity index (χ0v) is 11.6. The van der Waals surface area contributed by atoms with Gasteiger partial charge in [-0.05, 0) is 26.0 Å². The van der Waals surface area contributed by atoms with Gasteiger partial charge in [-0.3, -0.25) is 0 Å². The number of fused-ring (bicyclic) bond motifs is 1. The van der Waals surface area contributed by atoms with E-state index >= 15 is 0 Å². The summed E-state index contributed by atoms with van der Waals surface area (Å²) in [4.78, 5) is 12.2. The Labute approximate surface area is 118 Å². The molecule has 0 saturated carbocycles. The summed E-state index contributed by atoms with van der Waals surface area (Å²) < 4.78 is 5.80. The van der Waals surface area contributed by atoms with Gasteiger partial charge in [0, 0.05) is 11.1 Å². The lowest BCUT2D eigenvalue weighted by atomic mass is 9.84. The van der Waals surface area contributed by atoms with E-state index < -0.39 is 5.60 Å². The molecule has 0 spiro atoms. The number of hydrogen-bond donors (Lipinski definition) is 0. The summed E-state index contributed by atoms with van der Waals surface area (Å²) in [5.41, 5.74) is 2.84. The molecule has 0 aromatic heterocycles. The number of allylic oxidation sites excluding steroid dienone is 1. The SMILES string of the molecule is CC(C)=CC1(c2ccccc2)OC(=O)c2ccccc21. The van der Waals surface area contributed by atoms with Crippen LogP contribution in [0.3, 0.4) is 0 Å². The molecule has 0 bridgehead atoms. The molecule has 0 radical (unpaired) electrons. The summed E-state index contributed by atoms with van der Waals surface area (Å²) in [5.74, 6) is -0.262. The van der Waals surface area contributed by atoms with E-state index in [0.717, 1.165) is 16.7 Å². The van der Waals surface area contributed by atoms with Crippen LogP contribution < -0.4 is 0 Å². The van der Waals surface area contributed by atoms with Crippen LogP contribution in [0.25, 0.3) is 0 Å². The maximum atomic E-state index is 12.2. The second-order valence-corrected chi connectivity index (χ2v) is 5.26. The lowest BCUT2D eigenvalue weighted by Gasteiger charge is -2.26. The van der Waals surface area contributed by atoms with Gasteiger partial charge in [0.2, 0.25) is 0 Å². The Balaban J connectivity index is 2.30. The Hall–Kier alpha value is -2.35. The Morgan fingerprint density at radius 2 is 1.65 bits per heavy atom. The second-order valence-electron chi connectivity index (χ2n) is 5.26. The van der Waals surface area contributed by atoms with Gasteiger partial charge in [0.1, 0.15) is 0 Å². The molecule has 1 unspecified atom stereocenters. The quantitative estimate of drug-likeness (QED) is 0.604. The number of esters is 1. The van der Waals surface area contributed by atoms with Crippen LogP contribution in [-0.2, 0) is 10.3 Å². The molecule has 0 fully saturated rings. The van der Waals surface area contributed by atoms with Gasteiger partial charge < -0.3 is 4.74 Å². The summed E-state index contributed by atoms with van der Waals surface area (Å²) in [6, 6.07) is 17.5. The third-order valence-electron chi connectivity index (χ3n) is 3.50. The van der Waals surface area contributed by atoms with E-state index in [9.17, 15) is 4.79 Å². The van der Waals surface area contributed by atoms with Gasteiger partial charge in [0.15, 0.2) is 5.60 Å². The largest absolute Gasteiger partial charge is 0.441 e. The van der Waals surface area contributed by atoms with Crippen molar-refractivity contribution < 1.29 is 9.53 Å². The Kier molecular flexibility index (Phi) is 2.94. The van der Waals surface area contributed by atoms with Gasteiger partial charge >= 0.3 is 5.97 Å². The normalized spacial score (nSPS) is 20.2. The van der Waals surface area contributed by atoms with E-state index in [0.29, 0.717) is 5.56 Å². The molecule has 1 aliphatic rings. The number of rotatable bonds is 2. The summed E-state index contributed by atoms with van der Waals surface area (Å²) in [6.07, 6.45) is 2.02. The molecule has 2 aromatic carbocycles. The third-order valence-corrected chi connectivity index (χ3v) is 3.50. The predicted octanol–water partition coefficient (Wildman–Crippen LogP) is 4.07. The highest BCUT2D eigenvalue weighted by Crippen LogP contribution is 2.43. The van der Waals surface area contributed by atoms with Crippen molar-refractivity contribution in [2.24, 2.45) is 0 Å². The van der Waals surface area contributed by atoms with Gasteiger partial charge in [0.05, 0.1) is 5.56 Å². The van der Waals surface area contributed by atoms with Crippen LogP contribution in [0.1, 0.15) is 35.3 Å². The minimum Gasteiger partial charge on any atom is -0.441 e. The topological polar surface area (TPSA) is 26.3 Å². The van der Waals surface area contributed by atoms with Crippen LogP contribution in [0.5, 0.6) is 0 Å². The summed E-state index contributed by atoms with van der Waals surface area (Å²) in [7, 11) is 0. The average Bonchev–Trinajstić information content (AvgIpc) is 2.74. The lowest BCUT2D eigenvalue weighted by Crippen LogP contribution is -2.25. The zero-order chi connectivity index (χ0) is 14.2. The highest BCUT2D eigenvalue weighted by molar-refractivity contribution is 5.96. The van der Waals surface area contributed by atoms with Crippen molar-refractivity contribution in [3.8, 4) is 0 Å². The highest BCUT2D eigenvalue weighted by Gasteiger charge is 2.44. The van der Waals surface area contributed by atoms with Gasteiger partial charge in [-0.2, -0.15) is 0 Å². The summed E-state index contributed by atoms with van der Waals surface area (Å²) in [6.45, 7) is 4.03. The fraction of sp³-hybridized carbons (Fsp3) is 0.167. The van der Waals surface area contributed by atoms with Crippen LogP contribution in [0.15, 0.2) is 66.2 Å². The fourth-order valence-electron chi connectivity index (χ4n) is 2.74. The molecule has 0 amide bonds. The molecular weight excluding hydrogens is 248 g/mol. The number of ether oxygens (including phenoxy) is 1. The number of carbonyl (C=O) groups excluding carboxylic acids is 1. The monoisotopic (exact) mass is 264 g/mol. The van der Waals surface area contributed by atoms with Crippen LogP contribution >= 0.6 is 0 Å². The van der Waals surface area contributed by atoms with Crippen LogP contribution in [0.2, 0.25) is 0 Å². The molecule has 0 aliphatic carbocycles. The van der Waals surface area contributed by atoms with Crippen molar-refractivity contribution in [3.05, 3.63) is 82.9 Å². The molecule has 1 aliphatic heterocycles. The van der Waals surface area contributed by atoms with E-state index in [-0.39, 0.29) is 5.97 Å². The molecular formula is C18H16O2. The van der Waals surface area contributed by atoms with Crippen molar-refractivity contribution in [2.75, 3.05) is 0 Å². The minimum absolute atomic E-state index is 0.262. The molecule has 0 saturated heterocycles. The molecule has 100 valence electrons. The molecule has 1 atom stereocenters. The van der Waals surface area contributed by atoms with Crippen molar-refractivity contribution in [2.45, 2.75) is 19.4 Å².